The van der Waals surface area contributed by atoms with Crippen LogP contribution in [0.15, 0.2) is 29.1 Å². The van der Waals surface area contributed by atoms with Crippen molar-refractivity contribution in [3.05, 3.63) is 51.2 Å². The molecule has 1 heterocycles. The number of aromatic nitrogens is 2. The molecule has 5 nitrogen and oxygen atoms in total. The Morgan fingerprint density at radius 1 is 1.35 bits per heavy atom. The van der Waals surface area contributed by atoms with Gasteiger partial charge in [-0.25, -0.2) is 9.07 Å². The van der Waals surface area contributed by atoms with Gasteiger partial charge in [0.15, 0.2) is 0 Å². The lowest BCUT2D eigenvalue weighted by molar-refractivity contribution is -0.141. The highest BCUT2D eigenvalue weighted by molar-refractivity contribution is 6.30. The molecule has 0 saturated carbocycles. The fourth-order valence-corrected chi connectivity index (χ4v) is 2.39. The van der Waals surface area contributed by atoms with Gasteiger partial charge in [0.05, 0.1) is 12.8 Å². The molecule has 23 heavy (non-hydrogen) atoms. The third-order valence-corrected chi connectivity index (χ3v) is 3.47. The highest BCUT2D eigenvalue weighted by Gasteiger charge is 2.16. The van der Waals surface area contributed by atoms with Crippen LogP contribution >= 0.6 is 11.6 Å². The third-order valence-electron chi connectivity index (χ3n) is 3.25. The van der Waals surface area contributed by atoms with Crippen LogP contribution in [0.1, 0.15) is 25.5 Å². The van der Waals surface area contributed by atoms with Crippen molar-refractivity contribution in [1.82, 2.24) is 9.78 Å². The Kier molecular flexibility index (Phi) is 5.15. The van der Waals surface area contributed by atoms with Gasteiger partial charge in [0.1, 0.15) is 12.4 Å². The first-order chi connectivity index (χ1) is 10.8. The minimum Gasteiger partial charge on any atom is -0.468 e. The summed E-state index contributed by atoms with van der Waals surface area (Å²) in [6.45, 7) is 3.50. The predicted octanol–water partition coefficient (Wildman–Crippen LogP) is 3.00. The average molecular weight is 339 g/mol. The first-order valence-electron chi connectivity index (χ1n) is 6.97. The van der Waals surface area contributed by atoms with Gasteiger partial charge in [-0.05, 0) is 29.7 Å². The van der Waals surface area contributed by atoms with Crippen molar-refractivity contribution in [3.8, 4) is 11.1 Å². The van der Waals surface area contributed by atoms with Crippen LogP contribution in [0.3, 0.4) is 0 Å². The normalized spacial score (nSPS) is 10.9. The van der Waals surface area contributed by atoms with Crippen LogP contribution in [0.25, 0.3) is 11.1 Å². The summed E-state index contributed by atoms with van der Waals surface area (Å²) in [5.74, 6) is -1.12. The molecule has 0 fully saturated rings. The summed E-state index contributed by atoms with van der Waals surface area (Å²) in [4.78, 5) is 23.5. The second-order valence-electron chi connectivity index (χ2n) is 5.33. The molecule has 0 amide bonds. The summed E-state index contributed by atoms with van der Waals surface area (Å²) in [7, 11) is 1.24. The number of ether oxygens (including phenoxy) is 1. The summed E-state index contributed by atoms with van der Waals surface area (Å²) in [5.41, 5.74) is 1.05. The van der Waals surface area contributed by atoms with Gasteiger partial charge in [-0.2, -0.15) is 5.10 Å². The SMILES string of the molecule is COC(=O)Cn1nc(C(C)C)c(-c2cc(F)cc(Cl)c2)cc1=O. The average Bonchev–Trinajstić information content (AvgIpc) is 2.47. The molecule has 0 atom stereocenters. The van der Waals surface area contributed by atoms with E-state index in [-0.39, 0.29) is 17.5 Å². The summed E-state index contributed by atoms with van der Waals surface area (Å²) >= 11 is 5.89. The second-order valence-corrected chi connectivity index (χ2v) is 5.76. The molecule has 1 aromatic carbocycles. The monoisotopic (exact) mass is 338 g/mol. The zero-order valence-corrected chi connectivity index (χ0v) is 13.7. The fourth-order valence-electron chi connectivity index (χ4n) is 2.17. The molecule has 7 heteroatoms. The number of rotatable bonds is 4. The maximum Gasteiger partial charge on any atom is 0.327 e. The summed E-state index contributed by atoms with van der Waals surface area (Å²) < 4.78 is 19.2. The van der Waals surface area contributed by atoms with E-state index in [0.717, 1.165) is 4.68 Å². The van der Waals surface area contributed by atoms with Crippen LogP contribution in [0.4, 0.5) is 4.39 Å². The molecule has 2 rings (SSSR count). The molecule has 0 aliphatic rings. The zero-order chi connectivity index (χ0) is 17.1. The van der Waals surface area contributed by atoms with Gasteiger partial charge in [0, 0.05) is 16.7 Å². The molecule has 0 aliphatic heterocycles. The van der Waals surface area contributed by atoms with E-state index in [1.807, 2.05) is 13.8 Å². The molecule has 0 radical (unpaired) electrons. The Hall–Kier alpha value is -2.21. The first kappa shape index (κ1) is 17.1. The number of hydrogen-bond acceptors (Lipinski definition) is 4. The maximum atomic E-state index is 13.6. The molecular formula is C16H16ClFN2O3. The number of carbonyl (C=O) groups is 1. The van der Waals surface area contributed by atoms with Gasteiger partial charge in [0.25, 0.3) is 5.56 Å². The number of carbonyl (C=O) groups excluding carboxylic acids is 1. The number of methoxy groups -OCH3 is 1. The van der Waals surface area contributed by atoms with Gasteiger partial charge in [0.2, 0.25) is 0 Å². The van der Waals surface area contributed by atoms with Crippen LogP contribution in [-0.4, -0.2) is 22.9 Å². The van der Waals surface area contributed by atoms with Crippen molar-refractivity contribution in [1.29, 1.82) is 0 Å². The highest BCUT2D eigenvalue weighted by atomic mass is 35.5. The van der Waals surface area contributed by atoms with Gasteiger partial charge in [-0.15, -0.1) is 0 Å². The molecular weight excluding hydrogens is 323 g/mol. The zero-order valence-electron chi connectivity index (χ0n) is 13.0. The summed E-state index contributed by atoms with van der Waals surface area (Å²) in [6, 6.07) is 5.37. The van der Waals surface area contributed by atoms with Gasteiger partial charge in [-0.3, -0.25) is 9.59 Å². The van der Waals surface area contributed by atoms with Crippen LogP contribution in [0, 0.1) is 5.82 Å². The van der Waals surface area contributed by atoms with E-state index in [0.29, 0.717) is 16.8 Å². The van der Waals surface area contributed by atoms with Crippen LogP contribution in [-0.2, 0) is 16.1 Å². The summed E-state index contributed by atoms with van der Waals surface area (Å²) in [6.07, 6.45) is 0. The van der Waals surface area contributed by atoms with E-state index in [1.54, 1.807) is 6.07 Å². The lowest BCUT2D eigenvalue weighted by Gasteiger charge is -2.14. The van der Waals surface area contributed by atoms with Crippen molar-refractivity contribution in [2.45, 2.75) is 26.3 Å². The topological polar surface area (TPSA) is 61.2 Å². The molecule has 0 saturated heterocycles. The number of benzene rings is 1. The number of nitrogens with zero attached hydrogens (tertiary/aromatic N) is 2. The molecule has 0 spiro atoms. The quantitative estimate of drug-likeness (QED) is 0.804. The van der Waals surface area contributed by atoms with Gasteiger partial charge < -0.3 is 4.74 Å². The van der Waals surface area contributed by atoms with E-state index >= 15 is 0 Å². The predicted molar refractivity (Wildman–Crippen MR) is 85.0 cm³/mol. The Bertz CT molecular complexity index is 782. The minimum atomic E-state index is -0.573. The van der Waals surface area contributed by atoms with E-state index in [4.69, 9.17) is 11.6 Å². The molecule has 0 unspecified atom stereocenters. The van der Waals surface area contributed by atoms with Crippen LogP contribution < -0.4 is 5.56 Å². The number of halogens is 2. The Morgan fingerprint density at radius 3 is 2.61 bits per heavy atom. The van der Waals surface area contributed by atoms with Crippen molar-refractivity contribution in [2.75, 3.05) is 7.11 Å². The van der Waals surface area contributed by atoms with E-state index < -0.39 is 17.3 Å². The van der Waals surface area contributed by atoms with E-state index in [1.165, 1.54) is 25.3 Å². The number of hydrogen-bond donors (Lipinski definition) is 0. The van der Waals surface area contributed by atoms with E-state index in [9.17, 15) is 14.0 Å². The molecule has 0 bridgehead atoms. The van der Waals surface area contributed by atoms with Crippen molar-refractivity contribution in [2.24, 2.45) is 0 Å². The Labute approximate surface area is 137 Å². The van der Waals surface area contributed by atoms with Gasteiger partial charge in [-0.1, -0.05) is 25.4 Å². The largest absolute Gasteiger partial charge is 0.468 e. The molecule has 0 aliphatic carbocycles. The van der Waals surface area contributed by atoms with E-state index in [2.05, 4.69) is 9.84 Å². The third kappa shape index (κ3) is 3.96. The minimum absolute atomic E-state index is 0.0449. The molecule has 0 N–H and O–H groups in total. The van der Waals surface area contributed by atoms with Crippen molar-refractivity contribution >= 4 is 17.6 Å². The maximum absolute atomic E-state index is 13.6. The lowest BCUT2D eigenvalue weighted by atomic mass is 9.98. The fraction of sp³-hybridized carbons (Fsp3) is 0.312. The second kappa shape index (κ2) is 6.91. The smallest absolute Gasteiger partial charge is 0.327 e. The lowest BCUT2D eigenvalue weighted by Crippen LogP contribution is -2.28. The van der Waals surface area contributed by atoms with Crippen molar-refractivity contribution < 1.29 is 13.9 Å². The standard InChI is InChI=1S/C16H16ClFN2O3/c1-9(2)16-13(10-4-11(17)6-12(18)5-10)7-14(21)20(19-16)8-15(22)23-3/h4-7,9H,8H2,1-3H3. The molecule has 122 valence electrons. The first-order valence-corrected chi connectivity index (χ1v) is 7.35. The summed E-state index contributed by atoms with van der Waals surface area (Å²) in [5, 5.41) is 4.46. The Morgan fingerprint density at radius 2 is 2.04 bits per heavy atom. The Balaban J connectivity index is 2.62. The molecule has 1 aromatic heterocycles. The number of esters is 1. The van der Waals surface area contributed by atoms with Crippen LogP contribution in [0.5, 0.6) is 0 Å². The van der Waals surface area contributed by atoms with Crippen LogP contribution in [0.2, 0.25) is 5.02 Å². The van der Waals surface area contributed by atoms with Gasteiger partial charge >= 0.3 is 5.97 Å². The molecule has 2 aromatic rings. The van der Waals surface area contributed by atoms with Crippen molar-refractivity contribution in [3.63, 3.8) is 0 Å². The highest BCUT2D eigenvalue weighted by Crippen LogP contribution is 2.29.